The highest BCUT2D eigenvalue weighted by molar-refractivity contribution is 7.77. The van der Waals surface area contributed by atoms with Crippen molar-refractivity contribution in [1.29, 1.82) is 0 Å². The summed E-state index contributed by atoms with van der Waals surface area (Å²) in [6, 6.07) is 0. The predicted molar refractivity (Wildman–Crippen MR) is 38.2 cm³/mol. The summed E-state index contributed by atoms with van der Waals surface area (Å²) in [4.78, 5) is 0. The predicted octanol–water partition coefficient (Wildman–Crippen LogP) is 1.33. The molecule has 4 heteroatoms. The molecular weight excluding hydrogens is 136 g/mol. The second-order valence-electron chi connectivity index (χ2n) is 2.06. The van der Waals surface area contributed by atoms with Crippen LogP contribution >= 0.6 is 0 Å². The maximum absolute atomic E-state index is 4.92. The molecule has 0 aromatic rings. The molecule has 0 N–H and O–H groups in total. The monoisotopic (exact) mass is 147 g/mol. The Labute approximate surface area is 57.3 Å². The standard InChI is InChI=1S/C5H11N2OS/c1-5(2)9-6-3-8-4-7-9/h5H,3-4H2,1-2H3/q-1. The summed E-state index contributed by atoms with van der Waals surface area (Å²) in [5, 5.41) is 0.550. The first kappa shape index (κ1) is 7.02. The van der Waals surface area contributed by atoms with E-state index in [0.717, 1.165) is 0 Å². The van der Waals surface area contributed by atoms with Gasteiger partial charge in [-0.1, -0.05) is 13.8 Å². The molecule has 0 aliphatic carbocycles. The first-order valence-corrected chi connectivity index (χ1v) is 4.17. The van der Waals surface area contributed by atoms with Crippen molar-refractivity contribution in [2.45, 2.75) is 19.1 Å². The molecule has 0 atom stereocenters. The van der Waals surface area contributed by atoms with Gasteiger partial charge in [0.2, 0.25) is 0 Å². The molecule has 0 amide bonds. The van der Waals surface area contributed by atoms with Crippen LogP contribution in [0.3, 0.4) is 0 Å². The van der Waals surface area contributed by atoms with Crippen LogP contribution < -0.4 is 0 Å². The highest BCUT2D eigenvalue weighted by Gasteiger charge is 1.84. The Kier molecular flexibility index (Phi) is 2.48. The lowest BCUT2D eigenvalue weighted by atomic mass is 10.6. The van der Waals surface area contributed by atoms with E-state index in [1.807, 2.05) is 0 Å². The lowest BCUT2D eigenvalue weighted by molar-refractivity contribution is 0.149. The molecule has 3 nitrogen and oxygen atoms in total. The van der Waals surface area contributed by atoms with Gasteiger partial charge in [0.25, 0.3) is 0 Å². The summed E-state index contributed by atoms with van der Waals surface area (Å²) in [6.07, 6.45) is 0. The molecule has 0 saturated carbocycles. The van der Waals surface area contributed by atoms with Crippen LogP contribution in [0, 0.1) is 0 Å². The highest BCUT2D eigenvalue weighted by Crippen LogP contribution is 1.98. The Morgan fingerprint density at radius 2 is 1.89 bits per heavy atom. The molecular formula is C5H11N2OS-. The second-order valence-corrected chi connectivity index (χ2v) is 4.11. The maximum atomic E-state index is 4.92. The van der Waals surface area contributed by atoms with Crippen LogP contribution in [0.1, 0.15) is 13.8 Å². The fraction of sp³-hybridized carbons (Fsp3) is 1.00. The van der Waals surface area contributed by atoms with E-state index in [1.165, 1.54) is 0 Å². The maximum Gasteiger partial charge on any atom is 0.115 e. The minimum Gasteiger partial charge on any atom is -0.394 e. The molecule has 1 heterocycles. The van der Waals surface area contributed by atoms with Crippen molar-refractivity contribution in [3.8, 4) is 0 Å². The van der Waals surface area contributed by atoms with Crippen LogP contribution in [0.25, 0.3) is 0 Å². The number of rotatable bonds is 1. The van der Waals surface area contributed by atoms with E-state index in [4.69, 9.17) is 4.74 Å². The van der Waals surface area contributed by atoms with Gasteiger partial charge in [-0.3, -0.25) is 10.5 Å². The highest BCUT2D eigenvalue weighted by atomic mass is 32.2. The van der Waals surface area contributed by atoms with Crippen LogP contribution in [0.15, 0.2) is 8.73 Å². The van der Waals surface area contributed by atoms with E-state index in [2.05, 4.69) is 22.6 Å². The molecule has 0 radical (unpaired) electrons. The number of hydrogen-bond donors (Lipinski definition) is 0. The third-order valence-electron chi connectivity index (χ3n) is 0.974. The molecule has 0 saturated heterocycles. The van der Waals surface area contributed by atoms with Crippen molar-refractivity contribution in [2.24, 2.45) is 8.73 Å². The zero-order valence-corrected chi connectivity index (χ0v) is 6.52. The largest absolute Gasteiger partial charge is 0.394 e. The Balaban J connectivity index is 2.68. The minimum absolute atomic E-state index is 0.0714. The first-order chi connectivity index (χ1) is 4.30. The zero-order valence-electron chi connectivity index (χ0n) is 5.70. The van der Waals surface area contributed by atoms with Crippen molar-refractivity contribution in [1.82, 2.24) is 0 Å². The van der Waals surface area contributed by atoms with E-state index < -0.39 is 0 Å². The SMILES string of the molecule is CC(C)[S-]1=NCOCN=1. The summed E-state index contributed by atoms with van der Waals surface area (Å²) in [7, 11) is -0.0714. The summed E-state index contributed by atoms with van der Waals surface area (Å²) in [5.41, 5.74) is 0. The molecule has 0 fully saturated rings. The van der Waals surface area contributed by atoms with E-state index in [1.54, 1.807) is 0 Å². The van der Waals surface area contributed by atoms with Crippen LogP contribution in [0.5, 0.6) is 0 Å². The van der Waals surface area contributed by atoms with Crippen molar-refractivity contribution in [3.63, 3.8) is 0 Å². The second kappa shape index (κ2) is 3.17. The zero-order chi connectivity index (χ0) is 6.69. The van der Waals surface area contributed by atoms with E-state index in [0.29, 0.717) is 18.7 Å². The fourth-order valence-corrected chi connectivity index (χ4v) is 1.61. The van der Waals surface area contributed by atoms with Crippen LogP contribution in [0.2, 0.25) is 0 Å². The van der Waals surface area contributed by atoms with Gasteiger partial charge in [0.05, 0.1) is 0 Å². The molecule has 9 heavy (non-hydrogen) atoms. The van der Waals surface area contributed by atoms with Crippen molar-refractivity contribution >= 4 is 10.5 Å². The first-order valence-electron chi connectivity index (χ1n) is 2.97. The van der Waals surface area contributed by atoms with E-state index in [9.17, 15) is 0 Å². The molecule has 0 bridgehead atoms. The average Bonchev–Trinajstić information content (AvgIpc) is 1.90. The number of hydrogen-bond acceptors (Lipinski definition) is 4. The normalized spacial score (nSPS) is 21.2. The molecule has 1 aliphatic rings. The average molecular weight is 147 g/mol. The van der Waals surface area contributed by atoms with Gasteiger partial charge >= 0.3 is 0 Å². The van der Waals surface area contributed by atoms with Gasteiger partial charge in [-0.05, 0) is 0 Å². The molecule has 0 unspecified atom stereocenters. The fourth-order valence-electron chi connectivity index (χ4n) is 0.562. The van der Waals surface area contributed by atoms with Crippen molar-refractivity contribution < 1.29 is 4.74 Å². The molecule has 1 aliphatic heterocycles. The summed E-state index contributed by atoms with van der Waals surface area (Å²) >= 11 is 0. The summed E-state index contributed by atoms with van der Waals surface area (Å²) in [5.74, 6) is 0. The van der Waals surface area contributed by atoms with Crippen molar-refractivity contribution in [3.05, 3.63) is 0 Å². The lowest BCUT2D eigenvalue weighted by Crippen LogP contribution is -2.05. The van der Waals surface area contributed by atoms with Crippen LogP contribution in [0.4, 0.5) is 0 Å². The Morgan fingerprint density at radius 3 is 2.22 bits per heavy atom. The van der Waals surface area contributed by atoms with Crippen LogP contribution in [-0.2, 0) is 15.2 Å². The van der Waals surface area contributed by atoms with Gasteiger partial charge in [0, 0.05) is 0 Å². The van der Waals surface area contributed by atoms with E-state index in [-0.39, 0.29) is 10.5 Å². The summed E-state index contributed by atoms with van der Waals surface area (Å²) < 4.78 is 13.3. The lowest BCUT2D eigenvalue weighted by Gasteiger charge is -2.19. The van der Waals surface area contributed by atoms with E-state index >= 15 is 0 Å². The van der Waals surface area contributed by atoms with Gasteiger partial charge in [0.1, 0.15) is 13.5 Å². The number of nitrogens with zero attached hydrogens (tertiary/aromatic N) is 2. The molecule has 0 aromatic heterocycles. The quantitative estimate of drug-likeness (QED) is 0.515. The third-order valence-corrected chi connectivity index (χ3v) is 2.56. The number of ether oxygens (including phenoxy) is 1. The summed E-state index contributed by atoms with van der Waals surface area (Å²) in [6.45, 7) is 5.32. The molecule has 54 valence electrons. The Bertz CT molecular complexity index is 158. The van der Waals surface area contributed by atoms with Gasteiger partial charge in [-0.15, -0.1) is 5.25 Å². The van der Waals surface area contributed by atoms with Gasteiger partial charge < -0.3 is 13.5 Å². The van der Waals surface area contributed by atoms with Gasteiger partial charge in [-0.25, -0.2) is 0 Å². The molecule has 0 spiro atoms. The smallest absolute Gasteiger partial charge is 0.115 e. The van der Waals surface area contributed by atoms with Crippen LogP contribution in [-0.4, -0.2) is 18.7 Å². The topological polar surface area (TPSA) is 34.0 Å². The van der Waals surface area contributed by atoms with Crippen molar-refractivity contribution in [2.75, 3.05) is 13.5 Å². The Morgan fingerprint density at radius 1 is 1.33 bits per heavy atom. The van der Waals surface area contributed by atoms with Gasteiger partial charge in [0.15, 0.2) is 0 Å². The molecule has 1 rings (SSSR count). The van der Waals surface area contributed by atoms with Gasteiger partial charge in [-0.2, -0.15) is 0 Å². The third kappa shape index (κ3) is 1.95. The molecule has 0 aromatic carbocycles. The Hall–Kier alpha value is -0.0900. The minimum atomic E-state index is -0.0714.